The quantitative estimate of drug-likeness (QED) is 0.782. The van der Waals surface area contributed by atoms with E-state index in [1.165, 1.54) is 6.08 Å². The van der Waals surface area contributed by atoms with E-state index in [1.807, 2.05) is 26.0 Å². The number of aliphatic hydroxyl groups is 1. The van der Waals surface area contributed by atoms with Crippen molar-refractivity contribution in [3.05, 3.63) is 36.2 Å². The minimum Gasteiger partial charge on any atom is -0.395 e. The van der Waals surface area contributed by atoms with Gasteiger partial charge in [-0.05, 0) is 31.6 Å². The molecule has 4 heteroatoms. The molecule has 0 spiro atoms. The van der Waals surface area contributed by atoms with Crippen molar-refractivity contribution in [2.24, 2.45) is 0 Å². The highest BCUT2D eigenvalue weighted by atomic mass is 16.3. The monoisotopic (exact) mass is 234 g/mol. The average Bonchev–Trinajstić information content (AvgIpc) is 2.34. The zero-order valence-corrected chi connectivity index (χ0v) is 10.2. The lowest BCUT2D eigenvalue weighted by molar-refractivity contribution is -0.128. The molecule has 1 rings (SSSR count). The second kappa shape index (κ2) is 6.81. The Morgan fingerprint density at radius 2 is 2.35 bits per heavy atom. The first kappa shape index (κ1) is 13.4. The van der Waals surface area contributed by atoms with Crippen molar-refractivity contribution in [3.63, 3.8) is 0 Å². The van der Waals surface area contributed by atoms with Crippen LogP contribution in [-0.2, 0) is 4.79 Å². The number of amides is 1. The van der Waals surface area contributed by atoms with Crippen molar-refractivity contribution in [2.75, 3.05) is 13.2 Å². The largest absolute Gasteiger partial charge is 0.395 e. The van der Waals surface area contributed by atoms with Gasteiger partial charge in [0.2, 0.25) is 5.91 Å². The van der Waals surface area contributed by atoms with E-state index in [0.29, 0.717) is 6.54 Å². The Bertz CT molecular complexity index is 374. The van der Waals surface area contributed by atoms with Gasteiger partial charge >= 0.3 is 0 Å². The van der Waals surface area contributed by atoms with E-state index in [-0.39, 0.29) is 18.6 Å². The van der Waals surface area contributed by atoms with Crippen molar-refractivity contribution in [2.45, 2.75) is 19.9 Å². The van der Waals surface area contributed by atoms with Crippen LogP contribution in [0.15, 0.2) is 30.6 Å². The number of hydrogen-bond donors (Lipinski definition) is 1. The molecule has 0 atom stereocenters. The SMILES string of the molecule is CC(C)N(CCO)C(=O)/C=C/c1cccnc1. The lowest BCUT2D eigenvalue weighted by Gasteiger charge is -2.24. The molecule has 1 amide bonds. The molecule has 0 bridgehead atoms. The van der Waals surface area contributed by atoms with E-state index in [9.17, 15) is 4.79 Å². The summed E-state index contributed by atoms with van der Waals surface area (Å²) >= 11 is 0. The van der Waals surface area contributed by atoms with Crippen LogP contribution in [-0.4, -0.2) is 40.1 Å². The summed E-state index contributed by atoms with van der Waals surface area (Å²) < 4.78 is 0. The first-order chi connectivity index (χ1) is 8.15. The first-order valence-corrected chi connectivity index (χ1v) is 5.64. The Kier molecular flexibility index (Phi) is 5.36. The molecular formula is C13H18N2O2. The van der Waals surface area contributed by atoms with Crippen LogP contribution in [0.25, 0.3) is 6.08 Å². The second-order valence-electron chi connectivity index (χ2n) is 3.97. The van der Waals surface area contributed by atoms with Crippen LogP contribution in [0.4, 0.5) is 0 Å². The topological polar surface area (TPSA) is 53.4 Å². The zero-order valence-electron chi connectivity index (χ0n) is 10.2. The van der Waals surface area contributed by atoms with Gasteiger partial charge in [0.1, 0.15) is 0 Å². The highest BCUT2D eigenvalue weighted by Crippen LogP contribution is 2.03. The normalized spacial score (nSPS) is 11.1. The predicted octanol–water partition coefficient (Wildman–Crippen LogP) is 1.32. The highest BCUT2D eigenvalue weighted by Gasteiger charge is 2.12. The molecule has 1 aromatic rings. The molecule has 0 aromatic carbocycles. The minimum atomic E-state index is -0.0992. The maximum atomic E-state index is 11.9. The Balaban J connectivity index is 2.67. The molecule has 4 nitrogen and oxygen atoms in total. The molecule has 0 fully saturated rings. The van der Waals surface area contributed by atoms with Crippen LogP contribution in [0.1, 0.15) is 19.4 Å². The third kappa shape index (κ3) is 4.36. The van der Waals surface area contributed by atoms with E-state index in [0.717, 1.165) is 5.56 Å². The Hall–Kier alpha value is -1.68. The van der Waals surface area contributed by atoms with Crippen LogP contribution >= 0.6 is 0 Å². The summed E-state index contributed by atoms with van der Waals surface area (Å²) in [6.45, 7) is 4.18. The maximum Gasteiger partial charge on any atom is 0.246 e. The predicted molar refractivity (Wildman–Crippen MR) is 67.2 cm³/mol. The van der Waals surface area contributed by atoms with E-state index >= 15 is 0 Å². The Labute approximate surface area is 102 Å². The summed E-state index contributed by atoms with van der Waals surface area (Å²) in [7, 11) is 0. The highest BCUT2D eigenvalue weighted by molar-refractivity contribution is 5.91. The van der Waals surface area contributed by atoms with Crippen molar-refractivity contribution in [3.8, 4) is 0 Å². The summed E-state index contributed by atoms with van der Waals surface area (Å²) in [6, 6.07) is 3.77. The summed E-state index contributed by atoms with van der Waals surface area (Å²) in [5.41, 5.74) is 0.883. The summed E-state index contributed by atoms with van der Waals surface area (Å²) in [6.07, 6.45) is 6.61. The minimum absolute atomic E-state index is 0.0232. The molecular weight excluding hydrogens is 216 g/mol. The summed E-state index contributed by atoms with van der Waals surface area (Å²) in [5, 5.41) is 8.89. The number of rotatable bonds is 5. The van der Waals surface area contributed by atoms with Crippen molar-refractivity contribution >= 4 is 12.0 Å². The van der Waals surface area contributed by atoms with Crippen LogP contribution in [0, 0.1) is 0 Å². The fourth-order valence-corrected chi connectivity index (χ4v) is 1.47. The molecule has 92 valence electrons. The van der Waals surface area contributed by atoms with Gasteiger partial charge < -0.3 is 10.0 Å². The molecule has 0 aliphatic rings. The van der Waals surface area contributed by atoms with Crippen LogP contribution in [0.2, 0.25) is 0 Å². The van der Waals surface area contributed by atoms with Gasteiger partial charge in [-0.1, -0.05) is 6.07 Å². The Morgan fingerprint density at radius 1 is 1.59 bits per heavy atom. The summed E-state index contributed by atoms with van der Waals surface area (Å²) in [5.74, 6) is -0.0992. The summed E-state index contributed by atoms with van der Waals surface area (Å²) in [4.78, 5) is 17.4. The maximum absolute atomic E-state index is 11.9. The molecule has 0 radical (unpaired) electrons. The third-order valence-corrected chi connectivity index (χ3v) is 2.35. The van der Waals surface area contributed by atoms with E-state index in [1.54, 1.807) is 23.4 Å². The molecule has 0 saturated heterocycles. The number of nitrogens with zero attached hydrogens (tertiary/aromatic N) is 2. The third-order valence-electron chi connectivity index (χ3n) is 2.35. The van der Waals surface area contributed by atoms with Crippen LogP contribution < -0.4 is 0 Å². The number of hydrogen-bond acceptors (Lipinski definition) is 3. The number of aromatic nitrogens is 1. The Morgan fingerprint density at radius 3 is 2.88 bits per heavy atom. The van der Waals surface area contributed by atoms with Crippen LogP contribution in [0.5, 0.6) is 0 Å². The molecule has 0 saturated carbocycles. The van der Waals surface area contributed by atoms with Crippen LogP contribution in [0.3, 0.4) is 0 Å². The molecule has 17 heavy (non-hydrogen) atoms. The van der Waals surface area contributed by atoms with E-state index < -0.39 is 0 Å². The van der Waals surface area contributed by atoms with Gasteiger partial charge in [-0.2, -0.15) is 0 Å². The zero-order chi connectivity index (χ0) is 12.7. The second-order valence-corrected chi connectivity index (χ2v) is 3.97. The lowest BCUT2D eigenvalue weighted by Crippen LogP contribution is -2.37. The van der Waals surface area contributed by atoms with Crippen molar-refractivity contribution < 1.29 is 9.90 Å². The fraction of sp³-hybridized carbons (Fsp3) is 0.385. The molecule has 1 N–H and O–H groups in total. The molecule has 0 aliphatic heterocycles. The standard InChI is InChI=1S/C13H18N2O2/c1-11(2)15(8-9-16)13(17)6-5-12-4-3-7-14-10-12/h3-7,10-11,16H,8-9H2,1-2H3/b6-5+. The first-order valence-electron chi connectivity index (χ1n) is 5.64. The van der Waals surface area contributed by atoms with E-state index in [4.69, 9.17) is 5.11 Å². The van der Waals surface area contributed by atoms with Crippen molar-refractivity contribution in [1.29, 1.82) is 0 Å². The lowest BCUT2D eigenvalue weighted by atomic mass is 10.2. The van der Waals surface area contributed by atoms with Gasteiger partial charge in [-0.3, -0.25) is 9.78 Å². The molecule has 0 unspecified atom stereocenters. The van der Waals surface area contributed by atoms with Gasteiger partial charge in [-0.15, -0.1) is 0 Å². The number of pyridine rings is 1. The van der Waals surface area contributed by atoms with Gasteiger partial charge in [0.05, 0.1) is 6.61 Å². The van der Waals surface area contributed by atoms with Crippen molar-refractivity contribution in [1.82, 2.24) is 9.88 Å². The molecule has 0 aliphatic carbocycles. The smallest absolute Gasteiger partial charge is 0.246 e. The van der Waals surface area contributed by atoms with Gasteiger partial charge in [-0.25, -0.2) is 0 Å². The number of carbonyl (C=O) groups is 1. The molecule has 1 aromatic heterocycles. The van der Waals surface area contributed by atoms with E-state index in [2.05, 4.69) is 4.98 Å². The average molecular weight is 234 g/mol. The molecule has 1 heterocycles. The number of carbonyl (C=O) groups excluding carboxylic acids is 1. The van der Waals surface area contributed by atoms with Gasteiger partial charge in [0, 0.05) is 31.1 Å². The number of aliphatic hydroxyl groups excluding tert-OH is 1. The van der Waals surface area contributed by atoms with Gasteiger partial charge in [0.25, 0.3) is 0 Å². The fourth-order valence-electron chi connectivity index (χ4n) is 1.47. The van der Waals surface area contributed by atoms with Gasteiger partial charge in [0.15, 0.2) is 0 Å².